The number of hydrogen-bond acceptors (Lipinski definition) is 4. The molecule has 0 aliphatic rings. The Kier molecular flexibility index (Phi) is 9.32. The van der Waals surface area contributed by atoms with Gasteiger partial charge >= 0.3 is 5.97 Å². The van der Waals surface area contributed by atoms with E-state index in [1.54, 1.807) is 0 Å². The van der Waals surface area contributed by atoms with Gasteiger partial charge in [0.2, 0.25) is 0 Å². The van der Waals surface area contributed by atoms with Crippen LogP contribution in [0, 0.1) is 0 Å². The van der Waals surface area contributed by atoms with Crippen molar-refractivity contribution in [2.24, 2.45) is 11.6 Å². The summed E-state index contributed by atoms with van der Waals surface area (Å²) in [6, 6.07) is -0.663. The molecule has 0 heterocycles. The fourth-order valence-electron chi connectivity index (χ4n) is 0.600. The molecule has 11 heavy (non-hydrogen) atoms. The molecule has 68 valence electrons. The molecule has 5 nitrogen and oxygen atoms in total. The number of nitrogens with two attached hydrogens (primary N) is 2. The SMILES string of the molecule is Cl.NCCCC(NN)C(=O)O. The second-order valence-corrected chi connectivity index (χ2v) is 1.99. The maximum atomic E-state index is 10.3. The topological polar surface area (TPSA) is 101 Å². The second kappa shape index (κ2) is 7.74. The lowest BCUT2D eigenvalue weighted by Gasteiger charge is -2.08. The van der Waals surface area contributed by atoms with Crippen LogP contribution in [-0.4, -0.2) is 23.7 Å². The summed E-state index contributed by atoms with van der Waals surface area (Å²) in [5.41, 5.74) is 7.35. The first-order valence-electron chi connectivity index (χ1n) is 3.11. The van der Waals surface area contributed by atoms with Crippen LogP contribution in [-0.2, 0) is 4.79 Å². The van der Waals surface area contributed by atoms with Crippen molar-refractivity contribution in [1.82, 2.24) is 5.43 Å². The van der Waals surface area contributed by atoms with Crippen LogP contribution in [0.4, 0.5) is 0 Å². The minimum absolute atomic E-state index is 0. The van der Waals surface area contributed by atoms with Gasteiger partial charge in [0.15, 0.2) is 0 Å². The van der Waals surface area contributed by atoms with Gasteiger partial charge in [0.05, 0.1) is 0 Å². The number of carboxylic acid groups (broad SMARTS) is 1. The van der Waals surface area contributed by atoms with Crippen LogP contribution in [0.5, 0.6) is 0 Å². The molecule has 0 aromatic rings. The number of halogens is 1. The Bertz CT molecular complexity index is 112. The average Bonchev–Trinajstić information content (AvgIpc) is 1.89. The van der Waals surface area contributed by atoms with E-state index in [9.17, 15) is 4.79 Å². The third-order valence-electron chi connectivity index (χ3n) is 1.20. The molecular formula is C5H14ClN3O2. The van der Waals surface area contributed by atoms with Gasteiger partial charge in [-0.2, -0.15) is 0 Å². The van der Waals surface area contributed by atoms with Gasteiger partial charge in [0, 0.05) is 0 Å². The summed E-state index contributed by atoms with van der Waals surface area (Å²) in [6.45, 7) is 0.492. The van der Waals surface area contributed by atoms with Gasteiger partial charge in [0.25, 0.3) is 0 Å². The van der Waals surface area contributed by atoms with Crippen LogP contribution >= 0.6 is 12.4 Å². The highest BCUT2D eigenvalue weighted by Gasteiger charge is 2.13. The molecule has 1 unspecified atom stereocenters. The van der Waals surface area contributed by atoms with E-state index in [1.165, 1.54) is 0 Å². The molecular weight excluding hydrogens is 170 g/mol. The minimum atomic E-state index is -0.934. The lowest BCUT2D eigenvalue weighted by molar-refractivity contribution is -0.139. The molecule has 0 aromatic heterocycles. The number of carbonyl (C=O) groups is 1. The van der Waals surface area contributed by atoms with Crippen LogP contribution in [0.3, 0.4) is 0 Å². The first kappa shape index (κ1) is 13.2. The van der Waals surface area contributed by atoms with Crippen molar-refractivity contribution in [3.05, 3.63) is 0 Å². The van der Waals surface area contributed by atoms with Crippen LogP contribution in [0.15, 0.2) is 0 Å². The Balaban J connectivity index is 0. The molecule has 0 spiro atoms. The Morgan fingerprint density at radius 3 is 2.45 bits per heavy atom. The maximum Gasteiger partial charge on any atom is 0.322 e. The summed E-state index contributed by atoms with van der Waals surface area (Å²) in [5, 5.41) is 8.42. The van der Waals surface area contributed by atoms with Gasteiger partial charge in [-0.05, 0) is 19.4 Å². The Labute approximate surface area is 71.5 Å². The standard InChI is InChI=1S/C5H13N3O2.ClH/c6-3-1-2-4(8-7)5(9)10;/h4,8H,1-3,6-7H2,(H,9,10);1H. The molecule has 0 rings (SSSR count). The first-order valence-corrected chi connectivity index (χ1v) is 3.11. The minimum Gasteiger partial charge on any atom is -0.480 e. The molecule has 0 radical (unpaired) electrons. The monoisotopic (exact) mass is 183 g/mol. The first-order chi connectivity index (χ1) is 4.72. The van der Waals surface area contributed by atoms with E-state index in [1.807, 2.05) is 0 Å². The zero-order valence-electron chi connectivity index (χ0n) is 6.12. The summed E-state index contributed by atoms with van der Waals surface area (Å²) in [5.74, 6) is 4.01. The van der Waals surface area contributed by atoms with Crippen LogP contribution < -0.4 is 17.0 Å². The third kappa shape index (κ3) is 6.05. The molecule has 0 aliphatic carbocycles. The molecule has 6 N–H and O–H groups in total. The lowest BCUT2D eigenvalue weighted by Crippen LogP contribution is -2.41. The van der Waals surface area contributed by atoms with Gasteiger partial charge in [-0.15, -0.1) is 12.4 Å². The normalized spacial score (nSPS) is 11.8. The van der Waals surface area contributed by atoms with Crippen LogP contribution in [0.1, 0.15) is 12.8 Å². The third-order valence-corrected chi connectivity index (χ3v) is 1.20. The quantitative estimate of drug-likeness (QED) is 0.326. The lowest BCUT2D eigenvalue weighted by atomic mass is 10.2. The van der Waals surface area contributed by atoms with Crippen LogP contribution in [0.2, 0.25) is 0 Å². The highest BCUT2D eigenvalue weighted by molar-refractivity contribution is 5.85. The van der Waals surface area contributed by atoms with E-state index >= 15 is 0 Å². The Morgan fingerprint density at radius 2 is 2.18 bits per heavy atom. The predicted molar refractivity (Wildman–Crippen MR) is 44.3 cm³/mol. The molecule has 0 saturated carbocycles. The number of rotatable bonds is 5. The van der Waals surface area contributed by atoms with Gasteiger partial charge in [-0.1, -0.05) is 0 Å². The van der Waals surface area contributed by atoms with Gasteiger partial charge < -0.3 is 10.8 Å². The average molecular weight is 184 g/mol. The van der Waals surface area contributed by atoms with Crippen molar-refractivity contribution in [3.8, 4) is 0 Å². The number of hydrogen-bond donors (Lipinski definition) is 4. The summed E-state index contributed by atoms with van der Waals surface area (Å²) < 4.78 is 0. The fourth-order valence-corrected chi connectivity index (χ4v) is 0.600. The number of hydrazine groups is 1. The summed E-state index contributed by atoms with van der Waals surface area (Å²) >= 11 is 0. The van der Waals surface area contributed by atoms with Crippen molar-refractivity contribution in [3.63, 3.8) is 0 Å². The van der Waals surface area contributed by atoms with Crippen LogP contribution in [0.25, 0.3) is 0 Å². The van der Waals surface area contributed by atoms with Gasteiger partial charge in [0.1, 0.15) is 6.04 Å². The van der Waals surface area contributed by atoms with Crippen molar-refractivity contribution in [2.45, 2.75) is 18.9 Å². The van der Waals surface area contributed by atoms with Crippen molar-refractivity contribution < 1.29 is 9.90 Å². The molecule has 0 saturated heterocycles. The van der Waals surface area contributed by atoms with Gasteiger partial charge in [-0.25, -0.2) is 5.43 Å². The Hall–Kier alpha value is -0.360. The maximum absolute atomic E-state index is 10.3. The zero-order chi connectivity index (χ0) is 7.98. The smallest absolute Gasteiger partial charge is 0.322 e. The van der Waals surface area contributed by atoms with E-state index in [0.717, 1.165) is 0 Å². The number of aliphatic carboxylic acids is 1. The van der Waals surface area contributed by atoms with E-state index in [0.29, 0.717) is 19.4 Å². The fraction of sp³-hybridized carbons (Fsp3) is 0.800. The summed E-state index contributed by atoms with van der Waals surface area (Å²) in [4.78, 5) is 10.3. The van der Waals surface area contributed by atoms with Crippen molar-refractivity contribution in [1.29, 1.82) is 0 Å². The molecule has 0 fully saturated rings. The van der Waals surface area contributed by atoms with E-state index in [-0.39, 0.29) is 12.4 Å². The molecule has 1 atom stereocenters. The van der Waals surface area contributed by atoms with E-state index in [2.05, 4.69) is 5.43 Å². The predicted octanol–water partition coefficient (Wildman–Crippen LogP) is -0.936. The second-order valence-electron chi connectivity index (χ2n) is 1.99. The van der Waals surface area contributed by atoms with Gasteiger partial charge in [-0.3, -0.25) is 10.6 Å². The zero-order valence-corrected chi connectivity index (χ0v) is 6.93. The number of nitrogens with one attached hydrogen (secondary N) is 1. The number of carboxylic acids is 1. The largest absolute Gasteiger partial charge is 0.480 e. The Morgan fingerprint density at radius 1 is 1.64 bits per heavy atom. The molecule has 0 bridgehead atoms. The summed E-state index contributed by atoms with van der Waals surface area (Å²) in [7, 11) is 0. The summed E-state index contributed by atoms with van der Waals surface area (Å²) in [6.07, 6.45) is 1.14. The molecule has 0 aliphatic heterocycles. The van der Waals surface area contributed by atoms with Crippen molar-refractivity contribution >= 4 is 18.4 Å². The molecule has 6 heteroatoms. The van der Waals surface area contributed by atoms with E-state index < -0.39 is 12.0 Å². The van der Waals surface area contributed by atoms with E-state index in [4.69, 9.17) is 16.7 Å². The highest BCUT2D eigenvalue weighted by atomic mass is 35.5. The highest BCUT2D eigenvalue weighted by Crippen LogP contribution is 1.93. The molecule has 0 amide bonds. The van der Waals surface area contributed by atoms with Crippen molar-refractivity contribution in [2.75, 3.05) is 6.54 Å². The molecule has 0 aromatic carbocycles.